The number of para-hydroxylation sites is 3. The molecule has 0 bridgehead atoms. The molecular weight excluding hydrogens is 711 g/mol. The van der Waals surface area contributed by atoms with Gasteiger partial charge in [0.1, 0.15) is 0 Å². The molecule has 8 aromatic carbocycles. The van der Waals surface area contributed by atoms with E-state index in [9.17, 15) is 0 Å². The van der Waals surface area contributed by atoms with E-state index in [1.54, 1.807) is 0 Å². The molecule has 0 aliphatic heterocycles. The quantitative estimate of drug-likeness (QED) is 0.172. The van der Waals surface area contributed by atoms with Gasteiger partial charge in [0.15, 0.2) is 0 Å². The fourth-order valence-electron chi connectivity index (χ4n) is 8.98. The third-order valence-electron chi connectivity index (χ3n) is 11.5. The molecule has 0 aliphatic rings. The summed E-state index contributed by atoms with van der Waals surface area (Å²) in [7, 11) is 0. The van der Waals surface area contributed by atoms with Crippen molar-refractivity contribution in [3.8, 4) is 45.0 Å². The normalized spacial score (nSPS) is 11.9. The summed E-state index contributed by atoms with van der Waals surface area (Å²) in [6.07, 6.45) is 0. The second-order valence-electron chi connectivity index (χ2n) is 14.7. The van der Waals surface area contributed by atoms with E-state index in [-0.39, 0.29) is 0 Å². The molecule has 0 atom stereocenters. The first-order valence-corrected chi connectivity index (χ1v) is 20.2. The zero-order valence-corrected chi connectivity index (χ0v) is 31.6. The van der Waals surface area contributed by atoms with Gasteiger partial charge in [0.2, 0.25) is 0 Å². The van der Waals surface area contributed by atoms with Crippen molar-refractivity contribution in [3.05, 3.63) is 200 Å². The number of nitrogens with zero attached hydrogens (tertiary/aromatic N) is 3. The Morgan fingerprint density at radius 1 is 0.368 bits per heavy atom. The first kappa shape index (κ1) is 32.0. The van der Waals surface area contributed by atoms with E-state index in [2.05, 4.69) is 209 Å². The third-order valence-corrected chi connectivity index (χ3v) is 12.7. The van der Waals surface area contributed by atoms with E-state index in [1.807, 2.05) is 11.3 Å². The summed E-state index contributed by atoms with van der Waals surface area (Å²) in [6.45, 7) is 0. The molecule has 266 valence electrons. The predicted molar refractivity (Wildman–Crippen MR) is 242 cm³/mol. The fraction of sp³-hybridized carbons (Fsp3) is 0. The smallest absolute Gasteiger partial charge is 0.0744 e. The Kier molecular flexibility index (Phi) is 7.10. The minimum Gasteiger partial charge on any atom is -0.309 e. The van der Waals surface area contributed by atoms with Gasteiger partial charge in [-0.15, -0.1) is 11.3 Å². The van der Waals surface area contributed by atoms with E-state index in [0.29, 0.717) is 0 Å². The summed E-state index contributed by atoms with van der Waals surface area (Å²) in [6, 6.07) is 72.4. The standard InChI is InChI=1S/C53H33N3S/c1-3-14-34(15-4-1)35-26-28-36(29-27-35)45-32-38(33-46(54-45)43-22-13-21-42-40-19-9-12-25-50(40)57-53(42)43)55-48-24-11-8-20-44(48)51-49(55)31-30-41-39-18-7-10-23-47(39)56(52(41)51)37-16-5-2-6-17-37/h1-33H. The van der Waals surface area contributed by atoms with Gasteiger partial charge in [0.05, 0.1) is 39.1 Å². The molecule has 0 saturated carbocycles. The number of rotatable bonds is 5. The van der Waals surface area contributed by atoms with Gasteiger partial charge in [-0.05, 0) is 59.7 Å². The maximum atomic E-state index is 5.49. The molecule has 57 heavy (non-hydrogen) atoms. The maximum absolute atomic E-state index is 5.49. The molecule has 0 spiro atoms. The average molecular weight is 744 g/mol. The lowest BCUT2D eigenvalue weighted by Crippen LogP contribution is -1.98. The number of fused-ring (bicyclic) bond motifs is 10. The summed E-state index contributed by atoms with van der Waals surface area (Å²) in [5.41, 5.74) is 13.5. The second kappa shape index (κ2) is 12.6. The van der Waals surface area contributed by atoms with E-state index >= 15 is 0 Å². The van der Waals surface area contributed by atoms with Crippen LogP contribution in [0, 0.1) is 0 Å². The first-order chi connectivity index (χ1) is 28.3. The lowest BCUT2D eigenvalue weighted by Gasteiger charge is -2.14. The highest BCUT2D eigenvalue weighted by atomic mass is 32.1. The van der Waals surface area contributed by atoms with Gasteiger partial charge < -0.3 is 9.13 Å². The van der Waals surface area contributed by atoms with Gasteiger partial charge in [0.25, 0.3) is 0 Å². The average Bonchev–Trinajstić information content (AvgIpc) is 3.95. The molecule has 12 rings (SSSR count). The van der Waals surface area contributed by atoms with Crippen LogP contribution < -0.4 is 0 Å². The summed E-state index contributed by atoms with van der Waals surface area (Å²) in [4.78, 5) is 5.49. The van der Waals surface area contributed by atoms with Crippen molar-refractivity contribution in [2.45, 2.75) is 0 Å². The number of pyridine rings is 1. The van der Waals surface area contributed by atoms with Gasteiger partial charge in [0, 0.05) is 58.5 Å². The fourth-order valence-corrected chi connectivity index (χ4v) is 10.2. The van der Waals surface area contributed by atoms with Gasteiger partial charge in [-0.25, -0.2) is 4.98 Å². The molecule has 3 nitrogen and oxygen atoms in total. The van der Waals surface area contributed by atoms with Crippen LogP contribution in [0.3, 0.4) is 0 Å². The van der Waals surface area contributed by atoms with Gasteiger partial charge in [-0.2, -0.15) is 0 Å². The zero-order chi connectivity index (χ0) is 37.5. The van der Waals surface area contributed by atoms with Crippen molar-refractivity contribution in [2.24, 2.45) is 0 Å². The number of hydrogen-bond donors (Lipinski definition) is 0. The lowest BCUT2D eigenvalue weighted by atomic mass is 10.0. The van der Waals surface area contributed by atoms with Crippen molar-refractivity contribution in [2.75, 3.05) is 0 Å². The predicted octanol–water partition coefficient (Wildman–Crippen LogP) is 14.6. The maximum Gasteiger partial charge on any atom is 0.0744 e. The van der Waals surface area contributed by atoms with E-state index in [0.717, 1.165) is 44.9 Å². The van der Waals surface area contributed by atoms with Crippen LogP contribution in [-0.2, 0) is 0 Å². The second-order valence-corrected chi connectivity index (χ2v) is 15.8. The Morgan fingerprint density at radius 2 is 0.982 bits per heavy atom. The van der Waals surface area contributed by atoms with Crippen LogP contribution >= 0.6 is 11.3 Å². The molecule has 4 heterocycles. The minimum absolute atomic E-state index is 0.936. The van der Waals surface area contributed by atoms with Crippen LogP contribution in [0.25, 0.3) is 109 Å². The van der Waals surface area contributed by atoms with E-state index < -0.39 is 0 Å². The summed E-state index contributed by atoms with van der Waals surface area (Å²) in [5.74, 6) is 0. The van der Waals surface area contributed by atoms with Crippen LogP contribution in [0.1, 0.15) is 0 Å². The highest BCUT2D eigenvalue weighted by Crippen LogP contribution is 2.44. The third kappa shape index (κ3) is 4.94. The molecule has 0 N–H and O–H groups in total. The number of thiophene rings is 1. The van der Waals surface area contributed by atoms with Gasteiger partial charge in [-0.1, -0.05) is 152 Å². The van der Waals surface area contributed by atoms with Crippen LogP contribution in [0.4, 0.5) is 0 Å². The Hall–Kier alpha value is -7.27. The van der Waals surface area contributed by atoms with Crippen molar-refractivity contribution in [1.82, 2.24) is 14.1 Å². The van der Waals surface area contributed by atoms with E-state index in [1.165, 1.54) is 63.9 Å². The summed E-state index contributed by atoms with van der Waals surface area (Å²) in [5, 5.41) is 7.50. The molecule has 4 heteroatoms. The molecular formula is C53H33N3S. The zero-order valence-electron chi connectivity index (χ0n) is 30.8. The molecule has 0 unspecified atom stereocenters. The number of aromatic nitrogens is 3. The van der Waals surface area contributed by atoms with Crippen LogP contribution in [0.15, 0.2) is 200 Å². The molecule has 0 amide bonds. The molecule has 0 radical (unpaired) electrons. The monoisotopic (exact) mass is 743 g/mol. The molecule has 0 saturated heterocycles. The SMILES string of the molecule is c1ccc(-c2ccc(-c3cc(-n4c5ccccc5c5c4ccc4c6ccccc6n(-c6ccccc6)c45)cc(-c4cccc5c4sc4ccccc45)n3)cc2)cc1. The molecule has 4 aromatic heterocycles. The van der Waals surface area contributed by atoms with Crippen molar-refractivity contribution in [3.63, 3.8) is 0 Å². The summed E-state index contributed by atoms with van der Waals surface area (Å²) < 4.78 is 7.44. The Morgan fingerprint density at radius 3 is 1.79 bits per heavy atom. The molecule has 12 aromatic rings. The van der Waals surface area contributed by atoms with E-state index in [4.69, 9.17) is 4.98 Å². The molecule has 0 fully saturated rings. The largest absolute Gasteiger partial charge is 0.309 e. The number of benzene rings is 8. The topological polar surface area (TPSA) is 22.8 Å². The van der Waals surface area contributed by atoms with Gasteiger partial charge >= 0.3 is 0 Å². The van der Waals surface area contributed by atoms with Crippen molar-refractivity contribution in [1.29, 1.82) is 0 Å². The molecule has 0 aliphatic carbocycles. The Bertz CT molecular complexity index is 3500. The first-order valence-electron chi connectivity index (χ1n) is 19.4. The Balaban J connectivity index is 1.16. The van der Waals surface area contributed by atoms with Crippen molar-refractivity contribution >= 4 is 75.1 Å². The van der Waals surface area contributed by atoms with Crippen LogP contribution in [0.2, 0.25) is 0 Å². The van der Waals surface area contributed by atoms with Gasteiger partial charge in [-0.3, -0.25) is 0 Å². The lowest BCUT2D eigenvalue weighted by molar-refractivity contribution is 1.16. The van der Waals surface area contributed by atoms with Crippen LogP contribution in [-0.4, -0.2) is 14.1 Å². The summed E-state index contributed by atoms with van der Waals surface area (Å²) >= 11 is 1.85. The highest BCUT2D eigenvalue weighted by Gasteiger charge is 2.22. The van der Waals surface area contributed by atoms with Crippen molar-refractivity contribution < 1.29 is 0 Å². The van der Waals surface area contributed by atoms with Crippen LogP contribution in [0.5, 0.6) is 0 Å². The number of hydrogen-bond acceptors (Lipinski definition) is 2. The Labute approximate surface area is 333 Å². The highest BCUT2D eigenvalue weighted by molar-refractivity contribution is 7.26. The minimum atomic E-state index is 0.936.